The van der Waals surface area contributed by atoms with Gasteiger partial charge in [0.2, 0.25) is 0 Å². The second-order valence-corrected chi connectivity index (χ2v) is 13.8. The summed E-state index contributed by atoms with van der Waals surface area (Å²) in [6, 6.07) is 22.6. The molecule has 2 aliphatic heterocycles. The normalized spacial score (nSPS) is 22.9. The molecule has 0 saturated carbocycles. The summed E-state index contributed by atoms with van der Waals surface area (Å²) in [7, 11) is 8.34. The summed E-state index contributed by atoms with van der Waals surface area (Å²) in [4.78, 5) is 4.31. The summed E-state index contributed by atoms with van der Waals surface area (Å²) in [6.07, 6.45) is -2.45. The third kappa shape index (κ3) is 3.02. The van der Waals surface area contributed by atoms with Gasteiger partial charge in [-0.3, -0.25) is 0 Å². The SMILES string of the molecule is CCOP1(=S)c2cc(N(C)C)ccc2C2(SCc3ccccc32)c2ccc(N(C)C)cc21. The molecule has 0 aliphatic carbocycles. The molecule has 0 radical (unpaired) electrons. The van der Waals surface area contributed by atoms with Crippen LogP contribution in [0, 0.1) is 0 Å². The lowest BCUT2D eigenvalue weighted by Gasteiger charge is -2.43. The van der Waals surface area contributed by atoms with Crippen molar-refractivity contribution in [2.45, 2.75) is 17.4 Å². The van der Waals surface area contributed by atoms with Crippen LogP contribution in [0.3, 0.4) is 0 Å². The number of hydrogen-bond donors (Lipinski definition) is 0. The molecular formula is C26H29N2OPS2. The summed E-state index contributed by atoms with van der Waals surface area (Å²) in [5, 5.41) is 2.40. The first-order valence-electron chi connectivity index (χ1n) is 10.9. The fourth-order valence-corrected chi connectivity index (χ4v) is 10.6. The van der Waals surface area contributed by atoms with E-state index in [1.165, 1.54) is 32.9 Å². The quantitative estimate of drug-likeness (QED) is 0.484. The van der Waals surface area contributed by atoms with E-state index in [1.54, 1.807) is 0 Å². The maximum atomic E-state index is 6.56. The Morgan fingerprint density at radius 1 is 0.875 bits per heavy atom. The van der Waals surface area contributed by atoms with Crippen molar-refractivity contribution in [3.63, 3.8) is 0 Å². The fraction of sp³-hybridized carbons (Fsp3) is 0.308. The van der Waals surface area contributed by atoms with Crippen LogP contribution in [0.4, 0.5) is 11.4 Å². The number of benzene rings is 3. The van der Waals surface area contributed by atoms with E-state index in [-0.39, 0.29) is 4.75 Å². The molecule has 0 fully saturated rings. The van der Waals surface area contributed by atoms with Crippen LogP contribution < -0.4 is 20.4 Å². The van der Waals surface area contributed by atoms with Gasteiger partial charge in [0.05, 0.1) is 4.75 Å². The Morgan fingerprint density at radius 2 is 1.44 bits per heavy atom. The van der Waals surface area contributed by atoms with E-state index in [0.29, 0.717) is 6.61 Å². The number of hydrogen-bond acceptors (Lipinski definition) is 5. The fourth-order valence-electron chi connectivity index (χ4n) is 4.97. The number of fused-ring (bicyclic) bond motifs is 6. The van der Waals surface area contributed by atoms with Crippen LogP contribution >= 0.6 is 18.0 Å². The molecule has 5 rings (SSSR count). The van der Waals surface area contributed by atoms with Crippen molar-refractivity contribution in [1.82, 2.24) is 0 Å². The molecule has 3 aromatic carbocycles. The van der Waals surface area contributed by atoms with Gasteiger partial charge in [0, 0.05) is 62.5 Å². The third-order valence-corrected chi connectivity index (χ3v) is 12.2. The molecule has 1 spiro atoms. The zero-order valence-electron chi connectivity index (χ0n) is 19.3. The van der Waals surface area contributed by atoms with Gasteiger partial charge < -0.3 is 14.3 Å². The van der Waals surface area contributed by atoms with Crippen molar-refractivity contribution in [2.75, 3.05) is 44.6 Å². The van der Waals surface area contributed by atoms with Crippen LogP contribution in [0.1, 0.15) is 29.2 Å². The molecule has 0 unspecified atom stereocenters. The summed E-state index contributed by atoms with van der Waals surface area (Å²) >= 11 is 8.53. The standard InChI is InChI=1S/C26H29N2OPS2/c1-6-29-30(31)24-15-19(27(2)3)11-13-22(24)26(21-10-8-7-9-18(21)17-32-26)23-14-12-20(28(4)5)16-25(23)30/h7-16H,6,17H2,1-5H3. The predicted molar refractivity (Wildman–Crippen MR) is 144 cm³/mol. The highest BCUT2D eigenvalue weighted by atomic mass is 32.4. The van der Waals surface area contributed by atoms with Crippen molar-refractivity contribution in [1.29, 1.82) is 0 Å². The Hall–Kier alpha value is -1.78. The second kappa shape index (κ2) is 7.92. The highest BCUT2D eigenvalue weighted by Gasteiger charge is 2.51. The Morgan fingerprint density at radius 3 is 1.97 bits per heavy atom. The molecule has 6 heteroatoms. The van der Waals surface area contributed by atoms with Gasteiger partial charge in [-0.2, -0.15) is 0 Å². The summed E-state index contributed by atoms with van der Waals surface area (Å²) in [5.74, 6) is 0.997. The number of nitrogens with zero attached hydrogens (tertiary/aromatic N) is 2. The lowest BCUT2D eigenvalue weighted by Crippen LogP contribution is -2.42. The van der Waals surface area contributed by atoms with Crippen LogP contribution in [0.2, 0.25) is 0 Å². The molecule has 0 atom stereocenters. The average Bonchev–Trinajstić information content (AvgIpc) is 3.18. The van der Waals surface area contributed by atoms with Gasteiger partial charge in [0.15, 0.2) is 0 Å². The summed E-state index contributed by atoms with van der Waals surface area (Å²) < 4.78 is 6.31. The maximum Gasteiger partial charge on any atom is 0.124 e. The minimum Gasteiger partial charge on any atom is -0.378 e. The van der Waals surface area contributed by atoms with E-state index < -0.39 is 6.26 Å². The molecule has 0 bridgehead atoms. The van der Waals surface area contributed by atoms with Crippen LogP contribution in [0.25, 0.3) is 0 Å². The molecule has 2 aliphatic rings. The molecule has 3 nitrogen and oxygen atoms in total. The predicted octanol–water partition coefficient (Wildman–Crippen LogP) is 5.05. The molecule has 166 valence electrons. The Balaban J connectivity index is 1.91. The largest absolute Gasteiger partial charge is 0.378 e. The van der Waals surface area contributed by atoms with Crippen LogP contribution in [-0.2, 0) is 26.8 Å². The van der Waals surface area contributed by atoms with Crippen molar-refractivity contribution in [2.24, 2.45) is 0 Å². The Kier molecular flexibility index (Phi) is 5.45. The molecular weight excluding hydrogens is 451 g/mol. The van der Waals surface area contributed by atoms with E-state index in [9.17, 15) is 0 Å². The number of anilines is 2. The van der Waals surface area contributed by atoms with Gasteiger partial charge >= 0.3 is 0 Å². The highest BCUT2D eigenvalue weighted by Crippen LogP contribution is 2.63. The van der Waals surface area contributed by atoms with E-state index in [0.717, 1.165) is 17.1 Å². The number of thioether (sulfide) groups is 1. The maximum absolute atomic E-state index is 6.56. The van der Waals surface area contributed by atoms with Gasteiger partial charge in [-0.05, 0) is 53.4 Å². The van der Waals surface area contributed by atoms with E-state index in [4.69, 9.17) is 16.3 Å². The lowest BCUT2D eigenvalue weighted by molar-refractivity contribution is 0.386. The van der Waals surface area contributed by atoms with Gasteiger partial charge in [0.25, 0.3) is 0 Å². The first kappa shape index (κ1) is 22.0. The Bertz CT molecular complexity index is 1190. The zero-order valence-corrected chi connectivity index (χ0v) is 21.8. The minimum atomic E-state index is -2.45. The van der Waals surface area contributed by atoms with Gasteiger partial charge in [-0.15, -0.1) is 11.8 Å². The highest BCUT2D eigenvalue weighted by molar-refractivity contribution is 8.19. The van der Waals surface area contributed by atoms with Gasteiger partial charge in [-0.25, -0.2) is 0 Å². The molecule has 0 amide bonds. The van der Waals surface area contributed by atoms with E-state index in [1.807, 2.05) is 11.8 Å². The van der Waals surface area contributed by atoms with Crippen LogP contribution in [0.5, 0.6) is 0 Å². The third-order valence-electron chi connectivity index (χ3n) is 6.54. The van der Waals surface area contributed by atoms with E-state index >= 15 is 0 Å². The molecule has 2 heterocycles. The van der Waals surface area contributed by atoms with Crippen molar-refractivity contribution in [3.8, 4) is 0 Å². The molecule has 0 N–H and O–H groups in total. The van der Waals surface area contributed by atoms with Crippen LogP contribution in [-0.4, -0.2) is 34.8 Å². The second-order valence-electron chi connectivity index (χ2n) is 8.79. The van der Waals surface area contributed by atoms with Crippen molar-refractivity contribution in [3.05, 3.63) is 82.9 Å². The smallest absolute Gasteiger partial charge is 0.124 e. The van der Waals surface area contributed by atoms with Gasteiger partial charge in [0.1, 0.15) is 6.26 Å². The van der Waals surface area contributed by atoms with Crippen LogP contribution in [0.15, 0.2) is 60.7 Å². The molecule has 32 heavy (non-hydrogen) atoms. The zero-order chi connectivity index (χ0) is 22.7. The summed E-state index contributed by atoms with van der Waals surface area (Å²) in [5.41, 5.74) is 7.74. The monoisotopic (exact) mass is 480 g/mol. The lowest BCUT2D eigenvalue weighted by atomic mass is 9.81. The van der Waals surface area contributed by atoms with E-state index in [2.05, 4.69) is 106 Å². The van der Waals surface area contributed by atoms with Crippen molar-refractivity contribution >= 4 is 51.8 Å². The summed E-state index contributed by atoms with van der Waals surface area (Å²) in [6.45, 7) is 2.66. The first-order chi connectivity index (χ1) is 15.3. The molecule has 3 aromatic rings. The first-order valence-corrected chi connectivity index (χ1v) is 14.6. The molecule has 0 aromatic heterocycles. The molecule has 0 saturated heterocycles. The topological polar surface area (TPSA) is 15.7 Å². The Labute approximate surface area is 200 Å². The van der Waals surface area contributed by atoms with Crippen molar-refractivity contribution < 1.29 is 4.52 Å². The average molecular weight is 481 g/mol. The number of rotatable bonds is 4. The van der Waals surface area contributed by atoms with Gasteiger partial charge in [-0.1, -0.05) is 48.2 Å². The minimum absolute atomic E-state index is 0.254.